The predicted octanol–water partition coefficient (Wildman–Crippen LogP) is 3.03. The molecule has 0 aliphatic heterocycles. The van der Waals surface area contributed by atoms with Gasteiger partial charge in [-0.15, -0.1) is 0 Å². The minimum absolute atomic E-state index is 0.0805. The van der Waals surface area contributed by atoms with Crippen LogP contribution in [0, 0.1) is 0 Å². The standard InChI is InChI=1S/C14H17ClN4O/c1-9(10-3-5-11(15)6-4-10)17-13-7-12(16)18-14(19-13)8-20-2/h3-7,9H,8H2,1-2H3,(H3,16,17,18,19). The Labute approximate surface area is 123 Å². The molecule has 0 aliphatic carbocycles. The van der Waals surface area contributed by atoms with Crippen LogP contribution in [0.4, 0.5) is 11.6 Å². The summed E-state index contributed by atoms with van der Waals surface area (Å²) in [6.07, 6.45) is 0. The van der Waals surface area contributed by atoms with Gasteiger partial charge in [0.2, 0.25) is 0 Å². The van der Waals surface area contributed by atoms with E-state index in [1.807, 2.05) is 31.2 Å². The summed E-state index contributed by atoms with van der Waals surface area (Å²) in [4.78, 5) is 8.45. The van der Waals surface area contributed by atoms with Crippen molar-refractivity contribution >= 4 is 23.2 Å². The number of hydrogen-bond acceptors (Lipinski definition) is 5. The molecule has 1 unspecified atom stereocenters. The highest BCUT2D eigenvalue weighted by Gasteiger charge is 2.08. The van der Waals surface area contributed by atoms with Crippen molar-refractivity contribution in [1.82, 2.24) is 9.97 Å². The summed E-state index contributed by atoms with van der Waals surface area (Å²) in [6.45, 7) is 2.37. The van der Waals surface area contributed by atoms with Crippen LogP contribution in [0.25, 0.3) is 0 Å². The predicted molar refractivity (Wildman–Crippen MR) is 80.6 cm³/mol. The zero-order chi connectivity index (χ0) is 14.5. The number of rotatable bonds is 5. The van der Waals surface area contributed by atoms with Crippen molar-refractivity contribution in [1.29, 1.82) is 0 Å². The number of nitrogens with two attached hydrogens (primary N) is 1. The van der Waals surface area contributed by atoms with Gasteiger partial charge >= 0.3 is 0 Å². The van der Waals surface area contributed by atoms with Crippen LogP contribution in [0.15, 0.2) is 30.3 Å². The van der Waals surface area contributed by atoms with Gasteiger partial charge in [0.15, 0.2) is 5.82 Å². The van der Waals surface area contributed by atoms with Crippen LogP contribution in [-0.2, 0) is 11.3 Å². The highest BCUT2D eigenvalue weighted by Crippen LogP contribution is 2.20. The average molecular weight is 293 g/mol. The van der Waals surface area contributed by atoms with Gasteiger partial charge < -0.3 is 15.8 Å². The molecule has 0 bridgehead atoms. The maximum Gasteiger partial charge on any atom is 0.158 e. The molecule has 0 amide bonds. The van der Waals surface area contributed by atoms with Gasteiger partial charge in [0, 0.05) is 24.2 Å². The number of nitrogens with one attached hydrogen (secondary N) is 1. The first-order valence-corrected chi connectivity index (χ1v) is 6.60. The Bertz CT molecular complexity index is 574. The molecule has 5 nitrogen and oxygen atoms in total. The molecule has 6 heteroatoms. The fraction of sp³-hybridized carbons (Fsp3) is 0.286. The Balaban J connectivity index is 2.14. The molecule has 20 heavy (non-hydrogen) atoms. The number of nitrogens with zero attached hydrogens (tertiary/aromatic N) is 2. The number of aromatic nitrogens is 2. The summed E-state index contributed by atoms with van der Waals surface area (Å²) >= 11 is 5.88. The second-order valence-electron chi connectivity index (χ2n) is 4.44. The summed E-state index contributed by atoms with van der Waals surface area (Å²) in [6, 6.07) is 9.45. The number of methoxy groups -OCH3 is 1. The maximum atomic E-state index is 5.88. The summed E-state index contributed by atoms with van der Waals surface area (Å²) < 4.78 is 5.02. The molecule has 0 saturated carbocycles. The minimum Gasteiger partial charge on any atom is -0.384 e. The lowest BCUT2D eigenvalue weighted by molar-refractivity contribution is 0.178. The van der Waals surface area contributed by atoms with Crippen molar-refractivity contribution in [2.75, 3.05) is 18.2 Å². The first-order valence-electron chi connectivity index (χ1n) is 6.23. The Morgan fingerprint density at radius 2 is 2.00 bits per heavy atom. The van der Waals surface area contributed by atoms with Crippen LogP contribution in [0.2, 0.25) is 5.02 Å². The van der Waals surface area contributed by atoms with Crippen molar-refractivity contribution in [2.24, 2.45) is 0 Å². The number of hydrogen-bond donors (Lipinski definition) is 2. The molecule has 3 N–H and O–H groups in total. The van der Waals surface area contributed by atoms with Gasteiger partial charge in [-0.25, -0.2) is 9.97 Å². The minimum atomic E-state index is 0.0805. The molecule has 1 heterocycles. The highest BCUT2D eigenvalue weighted by atomic mass is 35.5. The van der Waals surface area contributed by atoms with Crippen LogP contribution in [0.5, 0.6) is 0 Å². The van der Waals surface area contributed by atoms with E-state index in [9.17, 15) is 0 Å². The largest absolute Gasteiger partial charge is 0.384 e. The number of halogens is 1. The van der Waals surface area contributed by atoms with Crippen molar-refractivity contribution < 1.29 is 4.74 Å². The zero-order valence-corrected chi connectivity index (χ0v) is 12.2. The molecule has 0 saturated heterocycles. The Kier molecular flexibility index (Phi) is 4.76. The van der Waals surface area contributed by atoms with E-state index < -0.39 is 0 Å². The zero-order valence-electron chi connectivity index (χ0n) is 11.4. The molecule has 106 valence electrons. The van der Waals surface area contributed by atoms with E-state index in [-0.39, 0.29) is 6.04 Å². The van der Waals surface area contributed by atoms with Crippen molar-refractivity contribution in [3.8, 4) is 0 Å². The van der Waals surface area contributed by atoms with Crippen LogP contribution in [-0.4, -0.2) is 17.1 Å². The molecule has 2 aromatic rings. The van der Waals surface area contributed by atoms with E-state index in [1.165, 1.54) is 0 Å². The van der Waals surface area contributed by atoms with E-state index in [0.29, 0.717) is 24.1 Å². The molecule has 1 aromatic heterocycles. The smallest absolute Gasteiger partial charge is 0.158 e. The van der Waals surface area contributed by atoms with Crippen molar-refractivity contribution in [3.63, 3.8) is 0 Å². The Morgan fingerprint density at radius 3 is 2.65 bits per heavy atom. The monoisotopic (exact) mass is 292 g/mol. The molecule has 0 spiro atoms. The number of ether oxygens (including phenoxy) is 1. The number of anilines is 2. The average Bonchev–Trinajstić information content (AvgIpc) is 2.39. The van der Waals surface area contributed by atoms with E-state index in [0.717, 1.165) is 10.6 Å². The van der Waals surface area contributed by atoms with Gasteiger partial charge in [-0.2, -0.15) is 0 Å². The summed E-state index contributed by atoms with van der Waals surface area (Å²) in [7, 11) is 1.59. The molecule has 0 radical (unpaired) electrons. The Morgan fingerprint density at radius 1 is 1.30 bits per heavy atom. The second kappa shape index (κ2) is 6.54. The van der Waals surface area contributed by atoms with Crippen LogP contribution in [0.3, 0.4) is 0 Å². The maximum absolute atomic E-state index is 5.88. The van der Waals surface area contributed by atoms with Gasteiger partial charge in [-0.1, -0.05) is 23.7 Å². The first kappa shape index (κ1) is 14.6. The van der Waals surface area contributed by atoms with Crippen molar-refractivity contribution in [2.45, 2.75) is 19.6 Å². The van der Waals surface area contributed by atoms with E-state index in [1.54, 1.807) is 13.2 Å². The van der Waals surface area contributed by atoms with E-state index >= 15 is 0 Å². The lowest BCUT2D eigenvalue weighted by Gasteiger charge is -2.16. The molecule has 1 aromatic carbocycles. The fourth-order valence-corrected chi connectivity index (χ4v) is 1.97. The number of benzene rings is 1. The van der Waals surface area contributed by atoms with Gasteiger partial charge in [0.05, 0.1) is 0 Å². The third-order valence-corrected chi connectivity index (χ3v) is 3.05. The molecular formula is C14H17ClN4O. The normalized spacial score (nSPS) is 12.2. The Hall–Kier alpha value is -1.85. The van der Waals surface area contributed by atoms with Crippen molar-refractivity contribution in [3.05, 3.63) is 46.7 Å². The molecule has 0 aliphatic rings. The summed E-state index contributed by atoms with van der Waals surface area (Å²) in [5, 5.41) is 4.00. The molecule has 2 rings (SSSR count). The van der Waals surface area contributed by atoms with Gasteiger partial charge in [0.1, 0.15) is 18.2 Å². The van der Waals surface area contributed by atoms with Gasteiger partial charge in [-0.05, 0) is 24.6 Å². The van der Waals surface area contributed by atoms with Crippen LogP contribution in [0.1, 0.15) is 24.4 Å². The van der Waals surface area contributed by atoms with E-state index in [2.05, 4.69) is 15.3 Å². The van der Waals surface area contributed by atoms with Gasteiger partial charge in [0.25, 0.3) is 0 Å². The molecule has 1 atom stereocenters. The van der Waals surface area contributed by atoms with E-state index in [4.69, 9.17) is 22.1 Å². The topological polar surface area (TPSA) is 73.1 Å². The van der Waals surface area contributed by atoms with Gasteiger partial charge in [-0.3, -0.25) is 0 Å². The SMILES string of the molecule is COCc1nc(N)cc(NC(C)c2ccc(Cl)cc2)n1. The fourth-order valence-electron chi connectivity index (χ4n) is 1.84. The van der Waals surface area contributed by atoms with Crippen LogP contribution >= 0.6 is 11.6 Å². The number of nitrogen functional groups attached to an aromatic ring is 1. The lowest BCUT2D eigenvalue weighted by Crippen LogP contribution is -2.10. The first-order chi connectivity index (χ1) is 9.58. The molecular weight excluding hydrogens is 276 g/mol. The van der Waals surface area contributed by atoms with Crippen LogP contribution < -0.4 is 11.1 Å². The molecule has 0 fully saturated rings. The summed E-state index contributed by atoms with van der Waals surface area (Å²) in [5.41, 5.74) is 6.87. The third kappa shape index (κ3) is 3.82. The second-order valence-corrected chi connectivity index (χ2v) is 4.88. The third-order valence-electron chi connectivity index (χ3n) is 2.80. The lowest BCUT2D eigenvalue weighted by atomic mass is 10.1. The summed E-state index contributed by atoms with van der Waals surface area (Å²) in [5.74, 6) is 1.64. The highest BCUT2D eigenvalue weighted by molar-refractivity contribution is 6.30. The quantitative estimate of drug-likeness (QED) is 0.886.